The third-order valence-corrected chi connectivity index (χ3v) is 5.40. The molecule has 0 bridgehead atoms. The van der Waals surface area contributed by atoms with Gasteiger partial charge in [-0.3, -0.25) is 14.5 Å². The van der Waals surface area contributed by atoms with Gasteiger partial charge in [0, 0.05) is 11.5 Å². The second kappa shape index (κ2) is 5.77. The number of imide groups is 1. The predicted molar refractivity (Wildman–Crippen MR) is 85.6 cm³/mol. The van der Waals surface area contributed by atoms with Gasteiger partial charge in [0.25, 0.3) is 0 Å². The highest BCUT2D eigenvalue weighted by Crippen LogP contribution is 2.39. The van der Waals surface area contributed by atoms with Gasteiger partial charge in [0.1, 0.15) is 0 Å². The standard InChI is InChI=1S/C18H18ClNO3/c19-13-5-6-15-16(8-13)18(22)20(17(15)21)9-14-7-11-3-1-2-4-12(11)10-23-14/h1-5,14-16H,6-10H2/t14-,15-,16+/m0/s1. The minimum Gasteiger partial charge on any atom is -0.371 e. The SMILES string of the molecule is O=C1[C@H]2CC=C(Cl)C[C@H]2C(=O)N1C[C@@H]1Cc2ccccc2CO1. The lowest BCUT2D eigenvalue weighted by Gasteiger charge is -2.28. The maximum Gasteiger partial charge on any atom is 0.233 e. The Morgan fingerprint density at radius 2 is 1.83 bits per heavy atom. The van der Waals surface area contributed by atoms with E-state index in [0.29, 0.717) is 31.0 Å². The maximum absolute atomic E-state index is 12.6. The molecule has 0 saturated carbocycles. The summed E-state index contributed by atoms with van der Waals surface area (Å²) >= 11 is 6.05. The van der Waals surface area contributed by atoms with E-state index in [0.717, 1.165) is 6.42 Å². The molecule has 1 aliphatic carbocycles. The number of ether oxygens (including phenoxy) is 1. The van der Waals surface area contributed by atoms with Crippen LogP contribution < -0.4 is 0 Å². The lowest BCUT2D eigenvalue weighted by Crippen LogP contribution is -2.41. The molecule has 3 aliphatic rings. The molecule has 1 aromatic carbocycles. The van der Waals surface area contributed by atoms with Gasteiger partial charge >= 0.3 is 0 Å². The van der Waals surface area contributed by atoms with Gasteiger partial charge in [-0.2, -0.15) is 0 Å². The van der Waals surface area contributed by atoms with E-state index in [1.807, 2.05) is 18.2 Å². The summed E-state index contributed by atoms with van der Waals surface area (Å²) in [6.45, 7) is 0.883. The van der Waals surface area contributed by atoms with E-state index in [2.05, 4.69) is 12.1 Å². The second-order valence-electron chi connectivity index (χ2n) is 6.50. The van der Waals surface area contributed by atoms with Crippen molar-refractivity contribution in [3.63, 3.8) is 0 Å². The molecule has 0 aromatic heterocycles. The van der Waals surface area contributed by atoms with Crippen LogP contribution in [0.4, 0.5) is 0 Å². The number of rotatable bonds is 2. The maximum atomic E-state index is 12.6. The van der Waals surface area contributed by atoms with Crippen molar-refractivity contribution in [1.29, 1.82) is 0 Å². The van der Waals surface area contributed by atoms with Crippen molar-refractivity contribution in [2.45, 2.75) is 32.0 Å². The van der Waals surface area contributed by atoms with Gasteiger partial charge in [0.2, 0.25) is 11.8 Å². The molecule has 4 rings (SSSR count). The number of nitrogens with zero attached hydrogens (tertiary/aromatic N) is 1. The van der Waals surface area contributed by atoms with Gasteiger partial charge in [-0.05, 0) is 24.0 Å². The molecule has 0 spiro atoms. The monoisotopic (exact) mass is 331 g/mol. The molecule has 0 radical (unpaired) electrons. The first-order valence-corrected chi connectivity index (χ1v) is 8.39. The van der Waals surface area contributed by atoms with Crippen molar-refractivity contribution < 1.29 is 14.3 Å². The van der Waals surface area contributed by atoms with Crippen LogP contribution in [0, 0.1) is 11.8 Å². The number of amides is 2. The summed E-state index contributed by atoms with van der Waals surface area (Å²) in [6, 6.07) is 8.15. The molecule has 0 N–H and O–H groups in total. The van der Waals surface area contributed by atoms with Crippen molar-refractivity contribution in [2.75, 3.05) is 6.54 Å². The van der Waals surface area contributed by atoms with E-state index in [-0.39, 0.29) is 29.8 Å². The summed E-state index contributed by atoms with van der Waals surface area (Å²) in [4.78, 5) is 26.5. The predicted octanol–water partition coefficient (Wildman–Crippen LogP) is 2.65. The van der Waals surface area contributed by atoms with Gasteiger partial charge in [0.15, 0.2) is 0 Å². The zero-order valence-corrected chi connectivity index (χ0v) is 13.5. The van der Waals surface area contributed by atoms with Crippen molar-refractivity contribution in [3.05, 3.63) is 46.5 Å². The molecular weight excluding hydrogens is 314 g/mol. The summed E-state index contributed by atoms with van der Waals surface area (Å²) in [5.74, 6) is -0.673. The molecule has 0 unspecified atom stereocenters. The Labute approximate surface area is 140 Å². The van der Waals surface area contributed by atoms with Crippen LogP contribution in [0.25, 0.3) is 0 Å². The number of benzene rings is 1. The van der Waals surface area contributed by atoms with Gasteiger partial charge in [-0.15, -0.1) is 0 Å². The van der Waals surface area contributed by atoms with E-state index in [1.54, 1.807) is 0 Å². The fraction of sp³-hybridized carbons (Fsp3) is 0.444. The molecule has 2 aliphatic heterocycles. The molecule has 1 saturated heterocycles. The lowest BCUT2D eigenvalue weighted by molar-refractivity contribution is -0.142. The molecule has 2 heterocycles. The number of fused-ring (bicyclic) bond motifs is 2. The molecule has 2 amide bonds. The highest BCUT2D eigenvalue weighted by atomic mass is 35.5. The van der Waals surface area contributed by atoms with Crippen LogP contribution in [0.2, 0.25) is 0 Å². The van der Waals surface area contributed by atoms with Crippen LogP contribution in [0.15, 0.2) is 35.4 Å². The van der Waals surface area contributed by atoms with Crippen molar-refractivity contribution >= 4 is 23.4 Å². The first kappa shape index (κ1) is 14.9. The van der Waals surface area contributed by atoms with Crippen LogP contribution in [0.3, 0.4) is 0 Å². The molecular formula is C18H18ClNO3. The van der Waals surface area contributed by atoms with Crippen LogP contribution >= 0.6 is 11.6 Å². The Morgan fingerprint density at radius 1 is 1.09 bits per heavy atom. The third kappa shape index (κ3) is 2.60. The van der Waals surface area contributed by atoms with Crippen molar-refractivity contribution in [1.82, 2.24) is 4.90 Å². The zero-order chi connectivity index (χ0) is 16.0. The number of carbonyl (C=O) groups is 2. The van der Waals surface area contributed by atoms with Gasteiger partial charge in [-0.1, -0.05) is 41.9 Å². The Balaban J connectivity index is 1.48. The summed E-state index contributed by atoms with van der Waals surface area (Å²) in [6.07, 6.45) is 3.54. The number of carbonyl (C=O) groups excluding carboxylic acids is 2. The van der Waals surface area contributed by atoms with E-state index in [9.17, 15) is 9.59 Å². The van der Waals surface area contributed by atoms with E-state index >= 15 is 0 Å². The third-order valence-electron chi connectivity index (χ3n) is 5.09. The number of hydrogen-bond donors (Lipinski definition) is 0. The molecule has 5 heteroatoms. The Hall–Kier alpha value is -1.65. The first-order valence-electron chi connectivity index (χ1n) is 8.01. The quantitative estimate of drug-likeness (QED) is 0.783. The smallest absolute Gasteiger partial charge is 0.233 e. The first-order chi connectivity index (χ1) is 11.1. The van der Waals surface area contributed by atoms with Crippen molar-refractivity contribution in [2.24, 2.45) is 11.8 Å². The summed E-state index contributed by atoms with van der Waals surface area (Å²) in [5.41, 5.74) is 2.43. The molecule has 1 fully saturated rings. The summed E-state index contributed by atoms with van der Waals surface area (Å²) in [5, 5.41) is 0.692. The Kier molecular flexibility index (Phi) is 3.74. The Bertz CT molecular complexity index is 699. The lowest BCUT2D eigenvalue weighted by atomic mass is 9.85. The van der Waals surface area contributed by atoms with Crippen LogP contribution in [-0.4, -0.2) is 29.4 Å². The van der Waals surface area contributed by atoms with Crippen LogP contribution in [0.1, 0.15) is 24.0 Å². The summed E-state index contributed by atoms with van der Waals surface area (Å²) in [7, 11) is 0. The number of allylic oxidation sites excluding steroid dienone is 2. The molecule has 3 atom stereocenters. The molecule has 4 nitrogen and oxygen atoms in total. The van der Waals surface area contributed by atoms with Crippen LogP contribution in [0.5, 0.6) is 0 Å². The summed E-state index contributed by atoms with van der Waals surface area (Å²) < 4.78 is 5.85. The zero-order valence-electron chi connectivity index (χ0n) is 12.7. The van der Waals surface area contributed by atoms with E-state index < -0.39 is 0 Å². The van der Waals surface area contributed by atoms with Crippen molar-refractivity contribution in [3.8, 4) is 0 Å². The molecule has 120 valence electrons. The number of hydrogen-bond acceptors (Lipinski definition) is 3. The largest absolute Gasteiger partial charge is 0.371 e. The number of halogens is 1. The van der Waals surface area contributed by atoms with Crippen LogP contribution in [-0.2, 0) is 27.4 Å². The molecule has 1 aromatic rings. The minimum absolute atomic E-state index is 0.0668. The van der Waals surface area contributed by atoms with E-state index in [1.165, 1.54) is 16.0 Å². The average Bonchev–Trinajstić information content (AvgIpc) is 2.79. The highest BCUT2D eigenvalue weighted by molar-refractivity contribution is 6.30. The highest BCUT2D eigenvalue weighted by Gasteiger charge is 2.48. The fourth-order valence-electron chi connectivity index (χ4n) is 3.81. The Morgan fingerprint density at radius 3 is 2.65 bits per heavy atom. The van der Waals surface area contributed by atoms with Gasteiger partial charge < -0.3 is 4.74 Å². The molecule has 23 heavy (non-hydrogen) atoms. The van der Waals surface area contributed by atoms with E-state index in [4.69, 9.17) is 16.3 Å². The normalized spacial score (nSPS) is 30.0. The topological polar surface area (TPSA) is 46.6 Å². The average molecular weight is 332 g/mol. The minimum atomic E-state index is -0.282. The fourth-order valence-corrected chi connectivity index (χ4v) is 4.06. The van der Waals surface area contributed by atoms with Gasteiger partial charge in [0.05, 0.1) is 31.1 Å². The van der Waals surface area contributed by atoms with Gasteiger partial charge in [-0.25, -0.2) is 0 Å². The second-order valence-corrected chi connectivity index (χ2v) is 6.98. The number of likely N-dealkylation sites (tertiary alicyclic amines) is 1.